The van der Waals surface area contributed by atoms with Gasteiger partial charge in [0.05, 0.1) is 0 Å². The first kappa shape index (κ1) is 15.6. The lowest BCUT2D eigenvalue weighted by Crippen LogP contribution is -2.50. The van der Waals surface area contributed by atoms with Crippen LogP contribution in [0, 0.1) is 18.8 Å². The molecule has 6 heteroatoms. The fourth-order valence-electron chi connectivity index (χ4n) is 2.96. The Morgan fingerprint density at radius 3 is 2.00 bits per heavy atom. The van der Waals surface area contributed by atoms with Crippen molar-refractivity contribution in [1.29, 1.82) is 0 Å². The number of amides is 4. The number of hydrogen-bond acceptors (Lipinski definition) is 2. The fourth-order valence-corrected chi connectivity index (χ4v) is 2.96. The lowest BCUT2D eigenvalue weighted by molar-refractivity contribution is 0.140. The Morgan fingerprint density at radius 1 is 0.957 bits per heavy atom. The average molecular weight is 316 g/mol. The van der Waals surface area contributed by atoms with Crippen LogP contribution in [-0.4, -0.2) is 48.0 Å². The fraction of sp³-hybridized carbons (Fsp3) is 0.529. The van der Waals surface area contributed by atoms with Gasteiger partial charge in [-0.2, -0.15) is 0 Å². The summed E-state index contributed by atoms with van der Waals surface area (Å²) in [6.07, 6.45) is 0. The van der Waals surface area contributed by atoms with E-state index in [9.17, 15) is 9.59 Å². The topological polar surface area (TPSA) is 64.7 Å². The van der Waals surface area contributed by atoms with Crippen molar-refractivity contribution in [3.63, 3.8) is 0 Å². The molecule has 0 unspecified atom stereocenters. The Morgan fingerprint density at radius 2 is 1.48 bits per heavy atom. The molecule has 0 saturated carbocycles. The molecule has 6 nitrogen and oxygen atoms in total. The van der Waals surface area contributed by atoms with Crippen molar-refractivity contribution in [1.82, 2.24) is 9.80 Å². The number of rotatable bonds is 2. The van der Waals surface area contributed by atoms with E-state index in [0.29, 0.717) is 17.5 Å². The number of hydrogen-bond donors (Lipinski definition) is 2. The highest BCUT2D eigenvalue weighted by Crippen LogP contribution is 2.23. The van der Waals surface area contributed by atoms with Gasteiger partial charge in [-0.15, -0.1) is 0 Å². The van der Waals surface area contributed by atoms with Gasteiger partial charge in [0.15, 0.2) is 0 Å². The summed E-state index contributed by atoms with van der Waals surface area (Å²) in [5, 5.41) is 5.82. The number of carbonyl (C=O) groups is 2. The molecule has 0 bridgehead atoms. The predicted molar refractivity (Wildman–Crippen MR) is 90.7 cm³/mol. The molecule has 2 aliphatic heterocycles. The molecule has 1 aromatic rings. The van der Waals surface area contributed by atoms with Crippen LogP contribution in [0.25, 0.3) is 0 Å². The van der Waals surface area contributed by atoms with Gasteiger partial charge >= 0.3 is 12.1 Å². The van der Waals surface area contributed by atoms with Crippen LogP contribution in [0.5, 0.6) is 0 Å². The Hall–Kier alpha value is -2.24. The first-order chi connectivity index (χ1) is 10.9. The molecule has 0 aliphatic carbocycles. The lowest BCUT2D eigenvalue weighted by Gasteiger charge is -2.37. The highest BCUT2D eigenvalue weighted by atomic mass is 16.2. The van der Waals surface area contributed by atoms with Crippen LogP contribution in [-0.2, 0) is 0 Å². The molecular formula is C17H24N4O2. The van der Waals surface area contributed by atoms with E-state index in [2.05, 4.69) is 24.5 Å². The Labute approximate surface area is 136 Å². The molecule has 2 aliphatic rings. The zero-order valence-corrected chi connectivity index (χ0v) is 13.9. The van der Waals surface area contributed by atoms with Crippen molar-refractivity contribution >= 4 is 23.4 Å². The van der Waals surface area contributed by atoms with E-state index in [1.807, 2.05) is 25.1 Å². The second kappa shape index (κ2) is 6.10. The summed E-state index contributed by atoms with van der Waals surface area (Å²) in [4.78, 5) is 27.8. The zero-order valence-electron chi connectivity index (χ0n) is 13.9. The van der Waals surface area contributed by atoms with E-state index in [0.717, 1.165) is 37.4 Å². The highest BCUT2D eigenvalue weighted by molar-refractivity contribution is 5.94. The number of carbonyl (C=O) groups excluding carboxylic acids is 2. The van der Waals surface area contributed by atoms with Crippen LogP contribution in [0.2, 0.25) is 0 Å². The Balaban J connectivity index is 1.62. The second-order valence-corrected chi connectivity index (χ2v) is 6.91. The Bertz CT molecular complexity index is 619. The second-order valence-electron chi connectivity index (χ2n) is 6.91. The molecule has 4 amide bonds. The minimum absolute atomic E-state index is 0.0776. The molecule has 1 aromatic carbocycles. The van der Waals surface area contributed by atoms with Crippen LogP contribution >= 0.6 is 0 Å². The standard InChI is InChI=1S/C17H24N4O2/c1-11-7-20(8-11)16(22)18-14-5-4-13(3)15(6-14)19-17(23)21-9-12(2)10-21/h4-6,11-12H,7-10H2,1-3H3,(H,18,22)(H,19,23). The van der Waals surface area contributed by atoms with E-state index in [4.69, 9.17) is 0 Å². The quantitative estimate of drug-likeness (QED) is 0.881. The lowest BCUT2D eigenvalue weighted by atomic mass is 10.0. The summed E-state index contributed by atoms with van der Waals surface area (Å²) in [5.41, 5.74) is 2.42. The van der Waals surface area contributed by atoms with Crippen molar-refractivity contribution in [2.75, 3.05) is 36.8 Å². The van der Waals surface area contributed by atoms with Gasteiger partial charge in [0.25, 0.3) is 0 Å². The molecule has 0 radical (unpaired) electrons. The number of nitrogens with one attached hydrogen (secondary N) is 2. The molecule has 0 aromatic heterocycles. The third-order valence-electron chi connectivity index (χ3n) is 4.43. The molecule has 3 rings (SSSR count). The van der Waals surface area contributed by atoms with E-state index in [-0.39, 0.29) is 12.1 Å². The summed E-state index contributed by atoms with van der Waals surface area (Å²) in [6.45, 7) is 9.39. The van der Waals surface area contributed by atoms with Gasteiger partial charge in [-0.05, 0) is 36.5 Å². The normalized spacial score (nSPS) is 18.2. The molecule has 2 N–H and O–H groups in total. The molecule has 0 atom stereocenters. The predicted octanol–water partition coefficient (Wildman–Crippen LogP) is 2.96. The van der Waals surface area contributed by atoms with Gasteiger partial charge in [0.2, 0.25) is 0 Å². The van der Waals surface area contributed by atoms with Crippen LogP contribution < -0.4 is 10.6 Å². The SMILES string of the molecule is Cc1ccc(NC(=O)N2CC(C)C2)cc1NC(=O)N1CC(C)C1. The van der Waals surface area contributed by atoms with E-state index >= 15 is 0 Å². The minimum atomic E-state index is -0.0826. The van der Waals surface area contributed by atoms with Crippen molar-refractivity contribution in [2.24, 2.45) is 11.8 Å². The first-order valence-electron chi connectivity index (χ1n) is 8.15. The summed E-state index contributed by atoms with van der Waals surface area (Å²) in [7, 11) is 0. The monoisotopic (exact) mass is 316 g/mol. The molecule has 2 fully saturated rings. The highest BCUT2D eigenvalue weighted by Gasteiger charge is 2.28. The third-order valence-corrected chi connectivity index (χ3v) is 4.43. The molecular weight excluding hydrogens is 292 g/mol. The minimum Gasteiger partial charge on any atom is -0.324 e. The van der Waals surface area contributed by atoms with E-state index in [1.54, 1.807) is 9.80 Å². The molecule has 0 spiro atoms. The largest absolute Gasteiger partial charge is 0.324 e. The summed E-state index contributed by atoms with van der Waals surface area (Å²) < 4.78 is 0. The van der Waals surface area contributed by atoms with Crippen LogP contribution in [0.15, 0.2) is 18.2 Å². The summed E-state index contributed by atoms with van der Waals surface area (Å²) in [5.74, 6) is 1.15. The van der Waals surface area contributed by atoms with Crippen LogP contribution in [0.1, 0.15) is 19.4 Å². The van der Waals surface area contributed by atoms with Gasteiger partial charge in [-0.1, -0.05) is 19.9 Å². The van der Waals surface area contributed by atoms with Crippen molar-refractivity contribution in [3.8, 4) is 0 Å². The van der Waals surface area contributed by atoms with Crippen molar-refractivity contribution in [3.05, 3.63) is 23.8 Å². The zero-order chi connectivity index (χ0) is 16.6. The van der Waals surface area contributed by atoms with Crippen molar-refractivity contribution < 1.29 is 9.59 Å². The van der Waals surface area contributed by atoms with Crippen LogP contribution in [0.3, 0.4) is 0 Å². The molecule has 23 heavy (non-hydrogen) atoms. The smallest absolute Gasteiger partial charge is 0.321 e. The maximum atomic E-state index is 12.1. The van der Waals surface area contributed by atoms with Gasteiger partial charge in [0.1, 0.15) is 0 Å². The van der Waals surface area contributed by atoms with Crippen LogP contribution in [0.4, 0.5) is 21.0 Å². The van der Waals surface area contributed by atoms with E-state index < -0.39 is 0 Å². The van der Waals surface area contributed by atoms with Crippen molar-refractivity contribution in [2.45, 2.75) is 20.8 Å². The van der Waals surface area contributed by atoms with Gasteiger partial charge in [0, 0.05) is 37.6 Å². The molecule has 124 valence electrons. The van der Waals surface area contributed by atoms with E-state index in [1.165, 1.54) is 0 Å². The molecule has 2 saturated heterocycles. The average Bonchev–Trinajstić information content (AvgIpc) is 2.44. The maximum Gasteiger partial charge on any atom is 0.321 e. The summed E-state index contributed by atoms with van der Waals surface area (Å²) >= 11 is 0. The number of urea groups is 2. The number of likely N-dealkylation sites (tertiary alicyclic amines) is 2. The van der Waals surface area contributed by atoms with Gasteiger partial charge in [-0.25, -0.2) is 9.59 Å². The maximum absolute atomic E-state index is 12.1. The number of benzene rings is 1. The third kappa shape index (κ3) is 3.41. The number of anilines is 2. The number of aryl methyl sites for hydroxylation is 1. The first-order valence-corrected chi connectivity index (χ1v) is 8.15. The summed E-state index contributed by atoms with van der Waals surface area (Å²) in [6, 6.07) is 5.42. The Kier molecular flexibility index (Phi) is 4.15. The number of nitrogens with zero attached hydrogens (tertiary/aromatic N) is 2. The van der Waals surface area contributed by atoms with Gasteiger partial charge < -0.3 is 20.4 Å². The van der Waals surface area contributed by atoms with Gasteiger partial charge in [-0.3, -0.25) is 0 Å². The molecule has 2 heterocycles.